The summed E-state index contributed by atoms with van der Waals surface area (Å²) in [5.74, 6) is -0.833. The zero-order valence-corrected chi connectivity index (χ0v) is 15.1. The van der Waals surface area contributed by atoms with Crippen LogP contribution in [-0.2, 0) is 4.79 Å². The smallest absolute Gasteiger partial charge is 0.259 e. The second-order valence-electron chi connectivity index (χ2n) is 5.00. The minimum Gasteiger partial charge on any atom is -0.504 e. The number of nitrogens with one attached hydrogen (secondary N) is 2. The van der Waals surface area contributed by atoms with Crippen molar-refractivity contribution in [3.8, 4) is 11.5 Å². The van der Waals surface area contributed by atoms with E-state index in [-0.39, 0.29) is 28.6 Å². The number of benzene rings is 2. The van der Waals surface area contributed by atoms with Gasteiger partial charge in [-0.15, -0.1) is 0 Å². The van der Waals surface area contributed by atoms with E-state index >= 15 is 0 Å². The molecule has 136 valence electrons. The lowest BCUT2D eigenvalue weighted by Gasteiger charge is -2.06. The average molecular weight is 396 g/mol. The molecule has 0 aliphatic rings. The predicted octanol–water partition coefficient (Wildman–Crippen LogP) is 2.59. The molecule has 0 bridgehead atoms. The Morgan fingerprint density at radius 1 is 1.23 bits per heavy atom. The van der Waals surface area contributed by atoms with Crippen LogP contribution in [0.1, 0.15) is 15.9 Å². The Morgan fingerprint density at radius 3 is 2.69 bits per heavy atom. The zero-order valence-electron chi connectivity index (χ0n) is 13.6. The molecule has 0 atom stereocenters. The molecule has 9 heteroatoms. The fourth-order valence-electron chi connectivity index (χ4n) is 1.92. The molecule has 0 unspecified atom stereocenters. The summed E-state index contributed by atoms with van der Waals surface area (Å²) >= 11 is 11.6. The maximum Gasteiger partial charge on any atom is 0.259 e. The van der Waals surface area contributed by atoms with Gasteiger partial charge < -0.3 is 15.2 Å². The molecule has 0 fully saturated rings. The highest BCUT2D eigenvalue weighted by atomic mass is 35.5. The number of hydrogen-bond acceptors (Lipinski definition) is 5. The minimum atomic E-state index is -0.544. The molecule has 0 saturated heterocycles. The van der Waals surface area contributed by atoms with Gasteiger partial charge in [0.25, 0.3) is 11.8 Å². The number of phenols is 1. The third-order valence-corrected chi connectivity index (χ3v) is 3.97. The van der Waals surface area contributed by atoms with Crippen molar-refractivity contribution in [2.75, 3.05) is 13.7 Å². The van der Waals surface area contributed by atoms with E-state index in [1.165, 1.54) is 31.5 Å². The highest BCUT2D eigenvalue weighted by Gasteiger charge is 2.10. The van der Waals surface area contributed by atoms with E-state index in [0.29, 0.717) is 10.6 Å². The van der Waals surface area contributed by atoms with Gasteiger partial charge in [0, 0.05) is 11.1 Å². The van der Waals surface area contributed by atoms with Crippen molar-refractivity contribution in [2.45, 2.75) is 0 Å². The number of aromatic hydroxyl groups is 1. The summed E-state index contributed by atoms with van der Waals surface area (Å²) in [6.45, 7) is -0.291. The van der Waals surface area contributed by atoms with Gasteiger partial charge in [0.2, 0.25) is 0 Å². The van der Waals surface area contributed by atoms with Crippen molar-refractivity contribution in [1.82, 2.24) is 10.7 Å². The van der Waals surface area contributed by atoms with Crippen molar-refractivity contribution in [2.24, 2.45) is 5.10 Å². The van der Waals surface area contributed by atoms with Gasteiger partial charge in [0.15, 0.2) is 11.5 Å². The standard InChI is InChI=1S/C17H15Cl2N3O4/c1-26-14-4-2-3-11(16(14)24)8-21-22-15(23)9-20-17(25)10-5-6-12(18)13(19)7-10/h2-8,24H,9H2,1H3,(H,20,25)(H,22,23)/b21-8-. The van der Waals surface area contributed by atoms with Gasteiger partial charge in [0.1, 0.15) is 0 Å². The number of phenolic OH excluding ortho intramolecular Hbond substituents is 1. The number of methoxy groups -OCH3 is 1. The zero-order chi connectivity index (χ0) is 19.1. The molecule has 0 spiro atoms. The van der Waals surface area contributed by atoms with Crippen LogP contribution in [0.2, 0.25) is 10.0 Å². The molecule has 0 saturated carbocycles. The van der Waals surface area contributed by atoms with Gasteiger partial charge in [0.05, 0.1) is 29.9 Å². The van der Waals surface area contributed by atoms with Gasteiger partial charge in [-0.3, -0.25) is 9.59 Å². The van der Waals surface area contributed by atoms with Crippen LogP contribution in [0.15, 0.2) is 41.5 Å². The molecule has 7 nitrogen and oxygen atoms in total. The lowest BCUT2D eigenvalue weighted by Crippen LogP contribution is -2.34. The summed E-state index contributed by atoms with van der Waals surface area (Å²) in [7, 11) is 1.42. The topological polar surface area (TPSA) is 100 Å². The summed E-state index contributed by atoms with van der Waals surface area (Å²) in [4.78, 5) is 23.7. The monoisotopic (exact) mass is 395 g/mol. The van der Waals surface area contributed by atoms with Gasteiger partial charge >= 0.3 is 0 Å². The van der Waals surface area contributed by atoms with Gasteiger partial charge in [-0.1, -0.05) is 29.3 Å². The van der Waals surface area contributed by atoms with Gasteiger partial charge in [-0.05, 0) is 30.3 Å². The lowest BCUT2D eigenvalue weighted by molar-refractivity contribution is -0.120. The number of para-hydroxylation sites is 1. The number of hydrazone groups is 1. The predicted molar refractivity (Wildman–Crippen MR) is 99.2 cm³/mol. The molecule has 2 amide bonds. The van der Waals surface area contributed by atoms with Crippen molar-refractivity contribution < 1.29 is 19.4 Å². The largest absolute Gasteiger partial charge is 0.504 e. The first-order valence-corrected chi connectivity index (χ1v) is 8.09. The van der Waals surface area contributed by atoms with Gasteiger partial charge in [-0.2, -0.15) is 5.10 Å². The molecule has 2 aromatic rings. The van der Waals surface area contributed by atoms with Crippen LogP contribution in [0, 0.1) is 0 Å². The Labute approximate surface area is 159 Å². The Kier molecular flexibility index (Phi) is 6.82. The first-order valence-electron chi connectivity index (χ1n) is 7.33. The number of hydrogen-bond donors (Lipinski definition) is 3. The van der Waals surface area contributed by atoms with E-state index in [9.17, 15) is 14.7 Å². The quantitative estimate of drug-likeness (QED) is 0.516. The number of carbonyl (C=O) groups excluding carboxylic acids is 2. The van der Waals surface area contributed by atoms with Crippen molar-refractivity contribution in [3.63, 3.8) is 0 Å². The van der Waals surface area contributed by atoms with Crippen LogP contribution in [-0.4, -0.2) is 36.8 Å². The molecular formula is C17H15Cl2N3O4. The third kappa shape index (κ3) is 5.11. The first-order chi connectivity index (χ1) is 12.4. The summed E-state index contributed by atoms with van der Waals surface area (Å²) < 4.78 is 4.97. The number of halogens is 2. The van der Waals surface area contributed by atoms with E-state index in [1.807, 2.05) is 0 Å². The second-order valence-corrected chi connectivity index (χ2v) is 5.82. The molecule has 0 aliphatic heterocycles. The highest BCUT2D eigenvalue weighted by Crippen LogP contribution is 2.27. The second kappa shape index (κ2) is 9.07. The van der Waals surface area contributed by atoms with Crippen LogP contribution >= 0.6 is 23.2 Å². The molecule has 0 aliphatic carbocycles. The van der Waals surface area contributed by atoms with E-state index in [1.54, 1.807) is 18.2 Å². The normalized spacial score (nSPS) is 10.6. The van der Waals surface area contributed by atoms with Crippen LogP contribution in [0.25, 0.3) is 0 Å². The third-order valence-electron chi connectivity index (χ3n) is 3.23. The molecule has 2 aromatic carbocycles. The SMILES string of the molecule is COc1cccc(/C=N\NC(=O)CNC(=O)c2ccc(Cl)c(Cl)c2)c1O. The molecule has 0 heterocycles. The van der Waals surface area contributed by atoms with Crippen LogP contribution in [0.4, 0.5) is 0 Å². The minimum absolute atomic E-state index is 0.0964. The van der Waals surface area contributed by atoms with Gasteiger partial charge in [-0.25, -0.2) is 5.43 Å². The summed E-state index contributed by atoms with van der Waals surface area (Å²) in [5, 5.41) is 16.6. The number of nitrogens with zero attached hydrogens (tertiary/aromatic N) is 1. The number of rotatable bonds is 6. The van der Waals surface area contributed by atoms with Crippen molar-refractivity contribution in [3.05, 3.63) is 57.6 Å². The molecule has 0 aromatic heterocycles. The van der Waals surface area contributed by atoms with Crippen LogP contribution in [0.5, 0.6) is 11.5 Å². The maximum atomic E-state index is 11.9. The Bertz CT molecular complexity index is 856. The summed E-state index contributed by atoms with van der Waals surface area (Å²) in [5.41, 5.74) is 2.88. The maximum absolute atomic E-state index is 11.9. The van der Waals surface area contributed by atoms with E-state index < -0.39 is 11.8 Å². The molecule has 0 radical (unpaired) electrons. The van der Waals surface area contributed by atoms with Crippen molar-refractivity contribution >= 4 is 41.2 Å². The Hall–Kier alpha value is -2.77. The molecule has 26 heavy (non-hydrogen) atoms. The average Bonchev–Trinajstić information content (AvgIpc) is 2.63. The number of ether oxygens (including phenoxy) is 1. The van der Waals surface area contributed by atoms with Crippen molar-refractivity contribution in [1.29, 1.82) is 0 Å². The van der Waals surface area contributed by atoms with Crippen LogP contribution < -0.4 is 15.5 Å². The van der Waals surface area contributed by atoms with Crippen LogP contribution in [0.3, 0.4) is 0 Å². The highest BCUT2D eigenvalue weighted by molar-refractivity contribution is 6.42. The number of carbonyl (C=O) groups is 2. The summed E-state index contributed by atoms with van der Waals surface area (Å²) in [6.07, 6.45) is 1.26. The fourth-order valence-corrected chi connectivity index (χ4v) is 2.22. The molecule has 2 rings (SSSR count). The molecular weight excluding hydrogens is 381 g/mol. The first kappa shape index (κ1) is 19.6. The number of amides is 2. The van der Waals surface area contributed by atoms with E-state index in [2.05, 4.69) is 15.8 Å². The Morgan fingerprint density at radius 2 is 2.00 bits per heavy atom. The fraction of sp³-hybridized carbons (Fsp3) is 0.118. The van der Waals surface area contributed by atoms with E-state index in [4.69, 9.17) is 27.9 Å². The summed E-state index contributed by atoms with van der Waals surface area (Å²) in [6, 6.07) is 9.23. The molecule has 3 N–H and O–H groups in total. The van der Waals surface area contributed by atoms with E-state index in [0.717, 1.165) is 0 Å². The Balaban J connectivity index is 1.87. The lowest BCUT2D eigenvalue weighted by atomic mass is 10.2.